The van der Waals surface area contributed by atoms with E-state index in [0.29, 0.717) is 6.04 Å². The van der Waals surface area contributed by atoms with E-state index in [2.05, 4.69) is 18.3 Å². The van der Waals surface area contributed by atoms with E-state index in [1.165, 1.54) is 18.4 Å². The van der Waals surface area contributed by atoms with Crippen LogP contribution in [0.25, 0.3) is 0 Å². The van der Waals surface area contributed by atoms with Gasteiger partial charge in [-0.25, -0.2) is 0 Å². The van der Waals surface area contributed by atoms with Gasteiger partial charge in [0.15, 0.2) is 0 Å². The summed E-state index contributed by atoms with van der Waals surface area (Å²) in [4.78, 5) is 0. The van der Waals surface area contributed by atoms with Gasteiger partial charge in [0.25, 0.3) is 0 Å². The number of rotatable bonds is 6. The second kappa shape index (κ2) is 5.41. The first-order valence-corrected chi connectivity index (χ1v) is 6.25. The van der Waals surface area contributed by atoms with Crippen molar-refractivity contribution in [2.45, 2.75) is 25.8 Å². The SMILES string of the molecule is CCNC(c1ccc(OC)cc1OC)C1CC1. The van der Waals surface area contributed by atoms with Gasteiger partial charge in [0, 0.05) is 17.7 Å². The maximum absolute atomic E-state index is 5.47. The Morgan fingerprint density at radius 1 is 1.29 bits per heavy atom. The molecule has 0 saturated heterocycles. The van der Waals surface area contributed by atoms with E-state index >= 15 is 0 Å². The lowest BCUT2D eigenvalue weighted by molar-refractivity contribution is 0.380. The summed E-state index contributed by atoms with van der Waals surface area (Å²) in [7, 11) is 3.39. The first-order chi connectivity index (χ1) is 8.30. The zero-order chi connectivity index (χ0) is 12.3. The van der Waals surface area contributed by atoms with Crippen molar-refractivity contribution in [3.63, 3.8) is 0 Å². The normalized spacial score (nSPS) is 16.6. The molecule has 0 amide bonds. The van der Waals surface area contributed by atoms with Crippen molar-refractivity contribution < 1.29 is 9.47 Å². The third-order valence-electron chi connectivity index (χ3n) is 3.29. The lowest BCUT2D eigenvalue weighted by Gasteiger charge is -2.20. The Labute approximate surface area is 103 Å². The highest BCUT2D eigenvalue weighted by atomic mass is 16.5. The molecule has 0 heterocycles. The molecule has 0 spiro atoms. The Kier molecular flexibility index (Phi) is 3.89. The van der Waals surface area contributed by atoms with Crippen LogP contribution >= 0.6 is 0 Å². The van der Waals surface area contributed by atoms with Gasteiger partial charge in [-0.1, -0.05) is 13.0 Å². The summed E-state index contributed by atoms with van der Waals surface area (Å²) in [6.45, 7) is 3.13. The van der Waals surface area contributed by atoms with Crippen LogP contribution in [0.5, 0.6) is 11.5 Å². The molecule has 0 aromatic heterocycles. The summed E-state index contributed by atoms with van der Waals surface area (Å²) < 4.78 is 10.7. The lowest BCUT2D eigenvalue weighted by atomic mass is 10.0. The number of benzene rings is 1. The summed E-state index contributed by atoms with van der Waals surface area (Å²) in [6, 6.07) is 6.50. The Bertz CT molecular complexity index is 374. The first kappa shape index (κ1) is 12.2. The molecule has 1 saturated carbocycles. The minimum absolute atomic E-state index is 0.417. The Morgan fingerprint density at radius 2 is 2.06 bits per heavy atom. The minimum atomic E-state index is 0.417. The quantitative estimate of drug-likeness (QED) is 0.822. The molecule has 1 atom stereocenters. The van der Waals surface area contributed by atoms with E-state index in [4.69, 9.17) is 9.47 Å². The lowest BCUT2D eigenvalue weighted by Crippen LogP contribution is -2.23. The molecule has 2 rings (SSSR count). The Hall–Kier alpha value is -1.22. The van der Waals surface area contributed by atoms with E-state index in [-0.39, 0.29) is 0 Å². The van der Waals surface area contributed by atoms with Crippen molar-refractivity contribution in [3.05, 3.63) is 23.8 Å². The minimum Gasteiger partial charge on any atom is -0.497 e. The molecule has 94 valence electrons. The zero-order valence-corrected chi connectivity index (χ0v) is 10.8. The van der Waals surface area contributed by atoms with Crippen LogP contribution in [-0.4, -0.2) is 20.8 Å². The predicted octanol–water partition coefficient (Wildman–Crippen LogP) is 2.76. The molecule has 0 aliphatic heterocycles. The number of hydrogen-bond acceptors (Lipinski definition) is 3. The highest BCUT2D eigenvalue weighted by Gasteiger charge is 2.33. The molecule has 3 nitrogen and oxygen atoms in total. The standard InChI is InChI=1S/C14H21NO2/c1-4-15-14(10-5-6-10)12-8-7-11(16-2)9-13(12)17-3/h7-10,14-15H,4-6H2,1-3H3. The molecular weight excluding hydrogens is 214 g/mol. The molecule has 1 aromatic rings. The van der Waals surface area contributed by atoms with E-state index in [1.807, 2.05) is 12.1 Å². The fraction of sp³-hybridized carbons (Fsp3) is 0.571. The van der Waals surface area contributed by atoms with Gasteiger partial charge in [-0.2, -0.15) is 0 Å². The van der Waals surface area contributed by atoms with Gasteiger partial charge in [0.05, 0.1) is 14.2 Å². The third-order valence-corrected chi connectivity index (χ3v) is 3.29. The van der Waals surface area contributed by atoms with Crippen LogP contribution in [0.2, 0.25) is 0 Å². The molecule has 0 radical (unpaired) electrons. The van der Waals surface area contributed by atoms with Crippen molar-refractivity contribution in [3.8, 4) is 11.5 Å². The van der Waals surface area contributed by atoms with Gasteiger partial charge in [-0.15, -0.1) is 0 Å². The fourth-order valence-electron chi connectivity index (χ4n) is 2.26. The fourth-order valence-corrected chi connectivity index (χ4v) is 2.26. The average molecular weight is 235 g/mol. The molecule has 1 unspecified atom stereocenters. The number of nitrogens with one attached hydrogen (secondary N) is 1. The maximum atomic E-state index is 5.47. The van der Waals surface area contributed by atoms with Gasteiger partial charge in [0.1, 0.15) is 11.5 Å². The molecular formula is C14H21NO2. The van der Waals surface area contributed by atoms with Crippen LogP contribution in [0.4, 0.5) is 0 Å². The highest BCUT2D eigenvalue weighted by Crippen LogP contribution is 2.44. The van der Waals surface area contributed by atoms with Crippen LogP contribution in [-0.2, 0) is 0 Å². The van der Waals surface area contributed by atoms with Crippen LogP contribution in [0.1, 0.15) is 31.4 Å². The number of methoxy groups -OCH3 is 2. The smallest absolute Gasteiger partial charge is 0.127 e. The highest BCUT2D eigenvalue weighted by molar-refractivity contribution is 5.43. The Morgan fingerprint density at radius 3 is 2.59 bits per heavy atom. The molecule has 1 aliphatic carbocycles. The number of hydrogen-bond donors (Lipinski definition) is 1. The zero-order valence-electron chi connectivity index (χ0n) is 10.8. The van der Waals surface area contributed by atoms with Gasteiger partial charge >= 0.3 is 0 Å². The largest absolute Gasteiger partial charge is 0.497 e. The van der Waals surface area contributed by atoms with Crippen molar-refractivity contribution in [1.29, 1.82) is 0 Å². The molecule has 1 aliphatic rings. The molecule has 0 bridgehead atoms. The molecule has 1 fully saturated rings. The van der Waals surface area contributed by atoms with E-state index in [9.17, 15) is 0 Å². The third kappa shape index (κ3) is 2.72. The van der Waals surface area contributed by atoms with E-state index < -0.39 is 0 Å². The van der Waals surface area contributed by atoms with E-state index in [0.717, 1.165) is 24.0 Å². The van der Waals surface area contributed by atoms with Gasteiger partial charge in [-0.05, 0) is 31.4 Å². The molecule has 1 N–H and O–H groups in total. The molecule has 1 aromatic carbocycles. The van der Waals surface area contributed by atoms with Crippen molar-refractivity contribution in [2.24, 2.45) is 5.92 Å². The van der Waals surface area contributed by atoms with Crippen LogP contribution in [0, 0.1) is 5.92 Å². The van der Waals surface area contributed by atoms with Crippen LogP contribution < -0.4 is 14.8 Å². The second-order valence-corrected chi connectivity index (χ2v) is 4.48. The topological polar surface area (TPSA) is 30.5 Å². The number of ether oxygens (including phenoxy) is 2. The summed E-state index contributed by atoms with van der Waals surface area (Å²) in [5.74, 6) is 2.52. The Balaban J connectivity index is 2.27. The monoisotopic (exact) mass is 235 g/mol. The molecule has 17 heavy (non-hydrogen) atoms. The summed E-state index contributed by atoms with van der Waals surface area (Å²) in [6.07, 6.45) is 2.62. The van der Waals surface area contributed by atoms with Gasteiger partial charge < -0.3 is 14.8 Å². The van der Waals surface area contributed by atoms with Crippen LogP contribution in [0.3, 0.4) is 0 Å². The van der Waals surface area contributed by atoms with E-state index in [1.54, 1.807) is 14.2 Å². The van der Waals surface area contributed by atoms with Crippen molar-refractivity contribution in [2.75, 3.05) is 20.8 Å². The average Bonchev–Trinajstić information content (AvgIpc) is 3.19. The second-order valence-electron chi connectivity index (χ2n) is 4.48. The van der Waals surface area contributed by atoms with Gasteiger partial charge in [0.2, 0.25) is 0 Å². The predicted molar refractivity (Wildman–Crippen MR) is 68.7 cm³/mol. The summed E-state index contributed by atoms with van der Waals surface area (Å²) in [5.41, 5.74) is 1.25. The first-order valence-electron chi connectivity index (χ1n) is 6.25. The van der Waals surface area contributed by atoms with Crippen molar-refractivity contribution >= 4 is 0 Å². The maximum Gasteiger partial charge on any atom is 0.127 e. The molecule has 3 heteroatoms. The van der Waals surface area contributed by atoms with Crippen molar-refractivity contribution in [1.82, 2.24) is 5.32 Å². The van der Waals surface area contributed by atoms with Gasteiger partial charge in [-0.3, -0.25) is 0 Å². The summed E-state index contributed by atoms with van der Waals surface area (Å²) in [5, 5.41) is 3.55. The van der Waals surface area contributed by atoms with Crippen LogP contribution in [0.15, 0.2) is 18.2 Å². The summed E-state index contributed by atoms with van der Waals surface area (Å²) >= 11 is 0.